The molecule has 10 aromatic carbocycles. The van der Waals surface area contributed by atoms with Gasteiger partial charge in [-0.15, -0.1) is 22.7 Å². The maximum absolute atomic E-state index is 15.8. The van der Waals surface area contributed by atoms with Crippen molar-refractivity contribution in [3.8, 4) is 11.1 Å². The van der Waals surface area contributed by atoms with Crippen LogP contribution in [-0.2, 0) is 21.7 Å². The Balaban J connectivity index is 1.06. The fraction of sp³-hybridized carbons (Fsp3) is 0.167. The lowest BCUT2D eigenvalue weighted by molar-refractivity contribution is 0.563. The van der Waals surface area contributed by atoms with E-state index in [9.17, 15) is 0 Å². The third kappa shape index (κ3) is 7.08. The molecule has 2 aliphatic carbocycles. The number of halogens is 2. The molecule has 0 fully saturated rings. The average molecular weight is 1050 g/mol. The number of rotatable bonds is 6. The van der Waals surface area contributed by atoms with Gasteiger partial charge in [-0.3, -0.25) is 0 Å². The van der Waals surface area contributed by atoms with E-state index in [1.165, 1.54) is 87.6 Å². The summed E-state index contributed by atoms with van der Waals surface area (Å²) in [6, 6.07) is 72.4. The SMILES string of the molecule is CC(C)(C)c1cccc2c1sc1c(N(c3cccc(F)c3)c3ccc4c(c3)-c3cc(N(c5cccc(F)c5)c5cccc6c5sc5c(C(C)(C)C)cccc56)ccc3C43c4ccccc4C(C)(C)c4ccccc43)cccc12. The van der Waals surface area contributed by atoms with Gasteiger partial charge in [-0.1, -0.05) is 189 Å². The topological polar surface area (TPSA) is 6.48 Å². The lowest BCUT2D eigenvalue weighted by atomic mass is 9.55. The van der Waals surface area contributed by atoms with E-state index in [1.54, 1.807) is 12.1 Å². The normalized spacial score (nSPS) is 14.2. The Morgan fingerprint density at radius 1 is 0.346 bits per heavy atom. The Hall–Kier alpha value is -7.90. The van der Waals surface area contributed by atoms with Crippen LogP contribution in [0.25, 0.3) is 51.5 Å². The molecule has 14 rings (SSSR count). The van der Waals surface area contributed by atoms with E-state index in [1.807, 2.05) is 46.9 Å². The summed E-state index contributed by atoms with van der Waals surface area (Å²) in [5.41, 5.74) is 16.4. The van der Waals surface area contributed by atoms with E-state index in [4.69, 9.17) is 0 Å². The summed E-state index contributed by atoms with van der Waals surface area (Å²) in [6.07, 6.45) is 0. The summed E-state index contributed by atoms with van der Waals surface area (Å²) in [5.74, 6) is -0.602. The highest BCUT2D eigenvalue weighted by atomic mass is 32.1. The van der Waals surface area contributed by atoms with Gasteiger partial charge < -0.3 is 9.80 Å². The molecular formula is C72H58F2N2S2. The Kier molecular flexibility index (Phi) is 10.8. The number of nitrogens with zero attached hydrogens (tertiary/aromatic N) is 2. The second-order valence-corrected chi connectivity index (χ2v) is 26.0. The van der Waals surface area contributed by atoms with Crippen LogP contribution >= 0.6 is 22.7 Å². The minimum Gasteiger partial charge on any atom is -0.309 e. The summed E-state index contributed by atoms with van der Waals surface area (Å²) < 4.78 is 36.5. The zero-order valence-electron chi connectivity index (χ0n) is 45.1. The molecule has 0 unspecified atom stereocenters. The van der Waals surface area contributed by atoms with Crippen LogP contribution in [0.4, 0.5) is 42.9 Å². The van der Waals surface area contributed by atoms with E-state index in [-0.39, 0.29) is 27.9 Å². The molecule has 2 aromatic heterocycles. The van der Waals surface area contributed by atoms with Crippen molar-refractivity contribution in [1.29, 1.82) is 0 Å². The number of thiophene rings is 2. The summed E-state index contributed by atoms with van der Waals surface area (Å²) in [6.45, 7) is 18.4. The minimum absolute atomic E-state index is 0.0685. The van der Waals surface area contributed by atoms with Crippen LogP contribution in [0.1, 0.15) is 99.9 Å². The summed E-state index contributed by atoms with van der Waals surface area (Å²) in [7, 11) is 0. The third-order valence-corrected chi connectivity index (χ3v) is 19.4. The van der Waals surface area contributed by atoms with Crippen LogP contribution in [0, 0.1) is 11.6 Å². The number of fused-ring (bicyclic) bond motifs is 15. The number of hydrogen-bond donors (Lipinski definition) is 0. The van der Waals surface area contributed by atoms with Crippen molar-refractivity contribution in [2.24, 2.45) is 0 Å². The predicted molar refractivity (Wildman–Crippen MR) is 328 cm³/mol. The molecule has 2 heterocycles. The molecule has 0 N–H and O–H groups in total. The predicted octanol–water partition coefficient (Wildman–Crippen LogP) is 21.2. The molecule has 0 bridgehead atoms. The molecule has 0 amide bonds. The van der Waals surface area contributed by atoms with Crippen LogP contribution < -0.4 is 9.80 Å². The van der Waals surface area contributed by atoms with E-state index in [2.05, 4.69) is 223 Å². The van der Waals surface area contributed by atoms with Crippen molar-refractivity contribution in [2.75, 3.05) is 9.80 Å². The Bertz CT molecular complexity index is 4160. The maximum atomic E-state index is 15.8. The van der Waals surface area contributed by atoms with Gasteiger partial charge in [-0.2, -0.15) is 0 Å². The molecular weight excluding hydrogens is 995 g/mol. The molecule has 1 spiro atoms. The first-order valence-corrected chi connectivity index (χ1v) is 28.7. The second kappa shape index (κ2) is 17.3. The van der Waals surface area contributed by atoms with Gasteiger partial charge in [-0.25, -0.2) is 8.78 Å². The Labute approximate surface area is 463 Å². The first kappa shape index (κ1) is 48.5. The third-order valence-electron chi connectivity index (χ3n) is 16.9. The molecule has 6 heteroatoms. The van der Waals surface area contributed by atoms with Crippen LogP contribution in [-0.4, -0.2) is 0 Å². The van der Waals surface area contributed by atoms with Crippen molar-refractivity contribution in [1.82, 2.24) is 0 Å². The van der Waals surface area contributed by atoms with E-state index in [0.29, 0.717) is 0 Å². The van der Waals surface area contributed by atoms with Gasteiger partial charge in [0, 0.05) is 59.1 Å². The largest absolute Gasteiger partial charge is 0.309 e. The fourth-order valence-corrected chi connectivity index (χ4v) is 16.5. The fourth-order valence-electron chi connectivity index (χ4n) is 13.4. The number of anilines is 6. The number of benzene rings is 10. The summed E-state index contributed by atoms with van der Waals surface area (Å²) in [4.78, 5) is 4.51. The lowest BCUT2D eigenvalue weighted by Gasteiger charge is -2.46. The molecule has 12 aromatic rings. The van der Waals surface area contributed by atoms with Gasteiger partial charge in [0.2, 0.25) is 0 Å². The highest BCUT2D eigenvalue weighted by Gasteiger charge is 2.53. The minimum atomic E-state index is -0.693. The molecule has 0 radical (unpaired) electrons. The van der Waals surface area contributed by atoms with Crippen molar-refractivity contribution in [3.05, 3.63) is 262 Å². The zero-order chi connectivity index (χ0) is 53.6. The molecule has 0 saturated heterocycles. The van der Waals surface area contributed by atoms with E-state index < -0.39 is 5.41 Å². The van der Waals surface area contributed by atoms with E-state index in [0.717, 1.165) is 54.7 Å². The Morgan fingerprint density at radius 3 is 1.10 bits per heavy atom. The highest BCUT2D eigenvalue weighted by Crippen LogP contribution is 2.64. The summed E-state index contributed by atoms with van der Waals surface area (Å²) in [5, 5.41) is 4.80. The van der Waals surface area contributed by atoms with Gasteiger partial charge in [0.05, 0.1) is 26.2 Å². The van der Waals surface area contributed by atoms with Crippen molar-refractivity contribution in [3.63, 3.8) is 0 Å². The van der Waals surface area contributed by atoms with Gasteiger partial charge in [0.25, 0.3) is 0 Å². The van der Waals surface area contributed by atoms with Gasteiger partial charge in [0.15, 0.2) is 0 Å². The van der Waals surface area contributed by atoms with Crippen LogP contribution in [0.3, 0.4) is 0 Å². The number of hydrogen-bond acceptors (Lipinski definition) is 4. The lowest BCUT2D eigenvalue weighted by Crippen LogP contribution is -2.40. The standard InChI is InChI=1S/C72H58F2N2S2/c1-69(2,3)61-31-15-23-49-51-25-17-33-63(67(51)77-65(49)61)75(45-21-13-19-43(73)39-45)47-35-37-55-53(41-47)54-42-48(36-38-56(54)72(55)59-29-11-9-27-57(59)71(7,8)58-28-10-12-30-60(58)72)76(46-22-14-20-44(74)40-46)64-34-18-26-52-50-24-16-32-62(70(4,5)6)66(50)78-68(52)64/h9-42H,1-8H3. The van der Waals surface area contributed by atoms with Gasteiger partial charge >= 0.3 is 0 Å². The molecule has 78 heavy (non-hydrogen) atoms. The van der Waals surface area contributed by atoms with Crippen LogP contribution in [0.15, 0.2) is 206 Å². The van der Waals surface area contributed by atoms with Crippen LogP contribution in [0.2, 0.25) is 0 Å². The first-order valence-electron chi connectivity index (χ1n) is 27.0. The van der Waals surface area contributed by atoms with Gasteiger partial charge in [0.1, 0.15) is 11.6 Å². The van der Waals surface area contributed by atoms with E-state index >= 15 is 8.78 Å². The molecule has 0 saturated carbocycles. The Morgan fingerprint density at radius 2 is 0.705 bits per heavy atom. The van der Waals surface area contributed by atoms with Gasteiger partial charge in [-0.05, 0) is 139 Å². The highest BCUT2D eigenvalue weighted by molar-refractivity contribution is 7.27. The summed E-state index contributed by atoms with van der Waals surface area (Å²) >= 11 is 3.64. The molecule has 0 atom stereocenters. The maximum Gasteiger partial charge on any atom is 0.125 e. The van der Waals surface area contributed by atoms with Crippen LogP contribution in [0.5, 0.6) is 0 Å². The smallest absolute Gasteiger partial charge is 0.125 e. The first-order chi connectivity index (χ1) is 37.5. The average Bonchev–Trinajstić information content (AvgIpc) is 4.09. The van der Waals surface area contributed by atoms with Crippen molar-refractivity contribution < 1.29 is 8.78 Å². The molecule has 0 aliphatic heterocycles. The monoisotopic (exact) mass is 1050 g/mol. The molecule has 2 nitrogen and oxygen atoms in total. The second-order valence-electron chi connectivity index (χ2n) is 23.9. The van der Waals surface area contributed by atoms with Crippen molar-refractivity contribution in [2.45, 2.75) is 77.0 Å². The zero-order valence-corrected chi connectivity index (χ0v) is 46.7. The molecule has 2 aliphatic rings. The molecule has 382 valence electrons. The quantitative estimate of drug-likeness (QED) is 0.164. The van der Waals surface area contributed by atoms with Crippen molar-refractivity contribution >= 4 is 97.1 Å².